The van der Waals surface area contributed by atoms with Crippen molar-refractivity contribution < 1.29 is 9.59 Å². The standard InChI is InChI=1S/C24H24N4O2S/c1-3-27(4-2)19-11-9-18(10-12-19)26-22-21(20-8-6-14-31-20)23(29)28(24(22)30)16-17-7-5-13-25-15-17/h5-15,26H,3-4,16H2,1-2H3. The fourth-order valence-corrected chi connectivity index (χ4v) is 4.42. The van der Waals surface area contributed by atoms with Crippen molar-refractivity contribution in [2.45, 2.75) is 20.4 Å². The number of carbonyl (C=O) groups excluding carboxylic acids is 2. The van der Waals surface area contributed by atoms with E-state index in [-0.39, 0.29) is 18.4 Å². The largest absolute Gasteiger partial charge is 0.372 e. The zero-order chi connectivity index (χ0) is 21.8. The van der Waals surface area contributed by atoms with Crippen molar-refractivity contribution in [3.05, 3.63) is 82.4 Å². The van der Waals surface area contributed by atoms with Gasteiger partial charge in [0.1, 0.15) is 5.70 Å². The zero-order valence-electron chi connectivity index (χ0n) is 17.5. The number of hydrogen-bond donors (Lipinski definition) is 1. The number of amides is 2. The molecule has 158 valence electrons. The SMILES string of the molecule is CCN(CC)c1ccc(NC2=C(c3cccs3)C(=O)N(Cc3cccnc3)C2=O)cc1. The molecule has 3 heterocycles. The fourth-order valence-electron chi connectivity index (χ4n) is 3.65. The normalized spacial score (nSPS) is 13.8. The first kappa shape index (κ1) is 20.8. The van der Waals surface area contributed by atoms with Crippen LogP contribution in [0, 0.1) is 0 Å². The van der Waals surface area contributed by atoms with Gasteiger partial charge in [-0.1, -0.05) is 12.1 Å². The number of nitrogens with one attached hydrogen (secondary N) is 1. The Morgan fingerprint density at radius 2 is 1.77 bits per heavy atom. The van der Waals surface area contributed by atoms with Crippen LogP contribution in [0.4, 0.5) is 11.4 Å². The third kappa shape index (κ3) is 4.22. The minimum atomic E-state index is -0.329. The van der Waals surface area contributed by atoms with Crippen molar-refractivity contribution in [1.29, 1.82) is 0 Å². The maximum atomic E-state index is 13.3. The molecule has 0 radical (unpaired) electrons. The van der Waals surface area contributed by atoms with Crippen LogP contribution in [0.3, 0.4) is 0 Å². The van der Waals surface area contributed by atoms with Crippen LogP contribution in [-0.4, -0.2) is 34.8 Å². The van der Waals surface area contributed by atoms with Crippen molar-refractivity contribution in [1.82, 2.24) is 9.88 Å². The Hall–Kier alpha value is -3.45. The van der Waals surface area contributed by atoms with Crippen LogP contribution in [0.25, 0.3) is 5.57 Å². The summed E-state index contributed by atoms with van der Waals surface area (Å²) in [6, 6.07) is 15.3. The van der Waals surface area contributed by atoms with Crippen LogP contribution in [0.15, 0.2) is 72.0 Å². The Morgan fingerprint density at radius 1 is 1.00 bits per heavy atom. The van der Waals surface area contributed by atoms with Crippen LogP contribution in [0.5, 0.6) is 0 Å². The van der Waals surface area contributed by atoms with Gasteiger partial charge in [-0.25, -0.2) is 0 Å². The summed E-state index contributed by atoms with van der Waals surface area (Å²) in [6.45, 7) is 6.27. The first-order valence-electron chi connectivity index (χ1n) is 10.3. The van der Waals surface area contributed by atoms with Gasteiger partial charge < -0.3 is 10.2 Å². The van der Waals surface area contributed by atoms with Crippen molar-refractivity contribution in [2.24, 2.45) is 0 Å². The number of thiophene rings is 1. The van der Waals surface area contributed by atoms with E-state index in [0.717, 1.165) is 34.9 Å². The molecule has 1 N–H and O–H groups in total. The molecule has 0 aliphatic carbocycles. The molecular weight excluding hydrogens is 408 g/mol. The second-order valence-corrected chi connectivity index (χ2v) is 8.08. The predicted molar refractivity (Wildman–Crippen MR) is 125 cm³/mol. The average molecular weight is 433 g/mol. The maximum absolute atomic E-state index is 13.3. The van der Waals surface area contributed by atoms with E-state index in [1.165, 1.54) is 16.2 Å². The van der Waals surface area contributed by atoms with Gasteiger partial charge in [-0.2, -0.15) is 0 Å². The smallest absolute Gasteiger partial charge is 0.278 e. The Labute approximate surface area is 185 Å². The van der Waals surface area contributed by atoms with Gasteiger partial charge in [-0.15, -0.1) is 11.3 Å². The minimum absolute atomic E-state index is 0.187. The molecule has 2 amide bonds. The van der Waals surface area contributed by atoms with E-state index in [0.29, 0.717) is 11.3 Å². The van der Waals surface area contributed by atoms with Gasteiger partial charge in [0.2, 0.25) is 0 Å². The third-order valence-corrected chi connectivity index (χ3v) is 6.15. The molecule has 4 rings (SSSR count). The number of imide groups is 1. The Bertz CT molecular complexity index is 1090. The number of rotatable bonds is 8. The second kappa shape index (κ2) is 9.14. The van der Waals surface area contributed by atoms with Gasteiger partial charge in [0.15, 0.2) is 0 Å². The summed E-state index contributed by atoms with van der Waals surface area (Å²) in [6.07, 6.45) is 3.34. The molecular formula is C24H24N4O2S. The van der Waals surface area contributed by atoms with E-state index in [1.54, 1.807) is 18.5 Å². The monoisotopic (exact) mass is 432 g/mol. The molecule has 1 aliphatic heterocycles. The molecule has 3 aromatic rings. The summed E-state index contributed by atoms with van der Waals surface area (Å²) in [5.74, 6) is -0.622. The van der Waals surface area contributed by atoms with Crippen LogP contribution < -0.4 is 10.2 Å². The van der Waals surface area contributed by atoms with Crippen molar-refractivity contribution in [2.75, 3.05) is 23.3 Å². The third-order valence-electron chi connectivity index (χ3n) is 5.26. The van der Waals surface area contributed by atoms with Gasteiger partial charge in [0.25, 0.3) is 11.8 Å². The maximum Gasteiger partial charge on any atom is 0.278 e. The average Bonchev–Trinajstić information content (AvgIpc) is 3.40. The molecule has 1 aromatic carbocycles. The van der Waals surface area contributed by atoms with E-state index in [4.69, 9.17) is 0 Å². The second-order valence-electron chi connectivity index (χ2n) is 7.13. The lowest BCUT2D eigenvalue weighted by molar-refractivity contribution is -0.137. The molecule has 1 aliphatic rings. The Balaban J connectivity index is 1.64. The molecule has 0 fully saturated rings. The lowest BCUT2D eigenvalue weighted by Gasteiger charge is -2.21. The Morgan fingerprint density at radius 3 is 2.39 bits per heavy atom. The van der Waals surface area contributed by atoms with E-state index >= 15 is 0 Å². The summed E-state index contributed by atoms with van der Waals surface area (Å²) in [5, 5.41) is 5.12. The topological polar surface area (TPSA) is 65.5 Å². The van der Waals surface area contributed by atoms with E-state index < -0.39 is 0 Å². The van der Waals surface area contributed by atoms with Gasteiger partial charge in [-0.3, -0.25) is 19.5 Å². The highest BCUT2D eigenvalue weighted by Gasteiger charge is 2.39. The van der Waals surface area contributed by atoms with E-state index in [9.17, 15) is 9.59 Å². The number of hydrogen-bond acceptors (Lipinski definition) is 6. The van der Waals surface area contributed by atoms with Crippen molar-refractivity contribution in [3.8, 4) is 0 Å². The summed E-state index contributed by atoms with van der Waals surface area (Å²) < 4.78 is 0. The lowest BCUT2D eigenvalue weighted by Crippen LogP contribution is -2.32. The molecule has 31 heavy (non-hydrogen) atoms. The molecule has 2 aromatic heterocycles. The Kier molecular flexibility index (Phi) is 6.13. The number of benzene rings is 1. The first-order valence-corrected chi connectivity index (χ1v) is 11.2. The minimum Gasteiger partial charge on any atom is -0.372 e. The van der Waals surface area contributed by atoms with Gasteiger partial charge in [0.05, 0.1) is 12.1 Å². The number of carbonyl (C=O) groups is 2. The van der Waals surface area contributed by atoms with Crippen molar-refractivity contribution in [3.63, 3.8) is 0 Å². The van der Waals surface area contributed by atoms with Gasteiger partial charge in [-0.05, 0) is 61.2 Å². The van der Waals surface area contributed by atoms with Gasteiger partial charge >= 0.3 is 0 Å². The molecule has 0 bridgehead atoms. The number of pyridine rings is 1. The highest BCUT2D eigenvalue weighted by atomic mass is 32.1. The van der Waals surface area contributed by atoms with Crippen molar-refractivity contribution >= 4 is 40.1 Å². The first-order chi connectivity index (χ1) is 15.1. The quantitative estimate of drug-likeness (QED) is 0.535. The van der Waals surface area contributed by atoms with E-state index in [1.807, 2.05) is 47.8 Å². The predicted octanol–water partition coefficient (Wildman–Crippen LogP) is 4.38. The highest BCUT2D eigenvalue weighted by molar-refractivity contribution is 7.11. The zero-order valence-corrected chi connectivity index (χ0v) is 18.4. The van der Waals surface area contributed by atoms with E-state index in [2.05, 4.69) is 29.0 Å². The molecule has 7 heteroatoms. The molecule has 6 nitrogen and oxygen atoms in total. The molecule has 0 unspecified atom stereocenters. The number of nitrogens with zero attached hydrogens (tertiary/aromatic N) is 3. The summed E-state index contributed by atoms with van der Waals surface area (Å²) in [5.41, 5.74) is 3.42. The van der Waals surface area contributed by atoms with Crippen LogP contribution in [-0.2, 0) is 16.1 Å². The number of aromatic nitrogens is 1. The summed E-state index contributed by atoms with van der Waals surface area (Å²) in [4.78, 5) is 34.9. The fraction of sp³-hybridized carbons (Fsp3) is 0.208. The summed E-state index contributed by atoms with van der Waals surface area (Å²) >= 11 is 1.44. The molecule has 0 saturated carbocycles. The lowest BCUT2D eigenvalue weighted by atomic mass is 10.1. The van der Waals surface area contributed by atoms with Crippen LogP contribution in [0.1, 0.15) is 24.3 Å². The molecule has 0 saturated heterocycles. The molecule has 0 spiro atoms. The summed E-state index contributed by atoms with van der Waals surface area (Å²) in [7, 11) is 0. The van der Waals surface area contributed by atoms with Crippen LogP contribution >= 0.6 is 11.3 Å². The molecule has 0 atom stereocenters. The highest BCUT2D eigenvalue weighted by Crippen LogP contribution is 2.33. The number of anilines is 2. The van der Waals surface area contributed by atoms with Crippen LogP contribution in [0.2, 0.25) is 0 Å². The van der Waals surface area contributed by atoms with Gasteiger partial charge in [0, 0.05) is 41.7 Å².